The Morgan fingerprint density at radius 2 is 1.88 bits per heavy atom. The zero-order valence-electron chi connectivity index (χ0n) is 15.4. The SMILES string of the molecule is COC(C)(C)CNC(=NCC(=O)N(C)C)NCCc1ccccc1. The van der Waals surface area contributed by atoms with Gasteiger partial charge in [-0.2, -0.15) is 0 Å². The molecule has 0 spiro atoms. The van der Waals surface area contributed by atoms with Crippen LogP contribution in [0, 0.1) is 0 Å². The summed E-state index contributed by atoms with van der Waals surface area (Å²) in [6, 6.07) is 10.2. The number of amides is 1. The number of ether oxygens (including phenoxy) is 1. The summed E-state index contributed by atoms with van der Waals surface area (Å²) in [7, 11) is 5.13. The summed E-state index contributed by atoms with van der Waals surface area (Å²) in [5, 5.41) is 6.51. The maximum atomic E-state index is 11.7. The fourth-order valence-corrected chi connectivity index (χ4v) is 1.80. The molecule has 1 aromatic carbocycles. The quantitative estimate of drug-likeness (QED) is 0.555. The van der Waals surface area contributed by atoms with Crippen molar-refractivity contribution in [3.63, 3.8) is 0 Å². The van der Waals surface area contributed by atoms with Gasteiger partial charge in [-0.3, -0.25) is 4.79 Å². The fourth-order valence-electron chi connectivity index (χ4n) is 1.80. The number of hydrogen-bond acceptors (Lipinski definition) is 3. The lowest BCUT2D eigenvalue weighted by Crippen LogP contribution is -2.46. The molecular weight excluding hydrogens is 304 g/mol. The lowest BCUT2D eigenvalue weighted by Gasteiger charge is -2.24. The first-order valence-corrected chi connectivity index (χ1v) is 8.15. The highest BCUT2D eigenvalue weighted by Gasteiger charge is 2.16. The molecule has 0 atom stereocenters. The zero-order valence-corrected chi connectivity index (χ0v) is 15.4. The number of nitrogens with one attached hydrogen (secondary N) is 2. The number of nitrogens with zero attached hydrogens (tertiary/aromatic N) is 2. The maximum absolute atomic E-state index is 11.7. The van der Waals surface area contributed by atoms with E-state index in [0.717, 1.165) is 13.0 Å². The van der Waals surface area contributed by atoms with Gasteiger partial charge in [0.1, 0.15) is 6.54 Å². The maximum Gasteiger partial charge on any atom is 0.243 e. The summed E-state index contributed by atoms with van der Waals surface area (Å²) in [5.41, 5.74) is 0.943. The minimum atomic E-state index is -0.312. The van der Waals surface area contributed by atoms with Crippen LogP contribution in [0.1, 0.15) is 19.4 Å². The normalized spacial score (nSPS) is 12.0. The average molecular weight is 334 g/mol. The van der Waals surface area contributed by atoms with Gasteiger partial charge in [-0.05, 0) is 25.8 Å². The van der Waals surface area contributed by atoms with Crippen LogP contribution in [-0.4, -0.2) is 63.2 Å². The summed E-state index contributed by atoms with van der Waals surface area (Å²) in [6.45, 7) is 5.43. The number of aliphatic imine (C=N–C) groups is 1. The van der Waals surface area contributed by atoms with Crippen LogP contribution in [0.25, 0.3) is 0 Å². The monoisotopic (exact) mass is 334 g/mol. The van der Waals surface area contributed by atoms with Crippen molar-refractivity contribution in [2.75, 3.05) is 40.8 Å². The summed E-state index contributed by atoms with van der Waals surface area (Å²) in [5.74, 6) is 0.580. The van der Waals surface area contributed by atoms with E-state index in [1.165, 1.54) is 10.5 Å². The Balaban J connectivity index is 2.59. The van der Waals surface area contributed by atoms with E-state index < -0.39 is 0 Å². The molecule has 0 aliphatic heterocycles. The van der Waals surface area contributed by atoms with Crippen LogP contribution in [0.5, 0.6) is 0 Å². The van der Waals surface area contributed by atoms with E-state index in [4.69, 9.17) is 4.74 Å². The molecule has 24 heavy (non-hydrogen) atoms. The summed E-state index contributed by atoms with van der Waals surface area (Å²) in [4.78, 5) is 17.6. The first-order valence-electron chi connectivity index (χ1n) is 8.15. The van der Waals surface area contributed by atoms with Gasteiger partial charge in [0.15, 0.2) is 5.96 Å². The zero-order chi connectivity index (χ0) is 18.0. The van der Waals surface area contributed by atoms with Crippen molar-refractivity contribution in [1.82, 2.24) is 15.5 Å². The molecule has 6 heteroatoms. The van der Waals surface area contributed by atoms with E-state index in [-0.39, 0.29) is 18.1 Å². The van der Waals surface area contributed by atoms with Gasteiger partial charge in [-0.1, -0.05) is 30.3 Å². The molecule has 0 saturated heterocycles. The Morgan fingerprint density at radius 3 is 2.46 bits per heavy atom. The van der Waals surface area contributed by atoms with Gasteiger partial charge in [0.25, 0.3) is 0 Å². The van der Waals surface area contributed by atoms with E-state index >= 15 is 0 Å². The van der Waals surface area contributed by atoms with E-state index in [2.05, 4.69) is 27.8 Å². The van der Waals surface area contributed by atoms with E-state index in [1.54, 1.807) is 21.2 Å². The molecule has 0 aromatic heterocycles. The van der Waals surface area contributed by atoms with E-state index in [1.807, 2.05) is 32.0 Å². The Kier molecular flexibility index (Phi) is 8.26. The van der Waals surface area contributed by atoms with Crippen molar-refractivity contribution in [2.45, 2.75) is 25.9 Å². The molecule has 1 aromatic rings. The van der Waals surface area contributed by atoms with Gasteiger partial charge in [0.05, 0.1) is 5.60 Å². The molecule has 6 nitrogen and oxygen atoms in total. The molecule has 0 unspecified atom stereocenters. The predicted molar refractivity (Wildman–Crippen MR) is 98.2 cm³/mol. The molecule has 0 aliphatic carbocycles. The standard InChI is InChI=1S/C18H30N4O2/c1-18(2,24-5)14-21-17(20-13-16(23)22(3)4)19-12-11-15-9-7-6-8-10-15/h6-10H,11-14H2,1-5H3,(H2,19,20,21). The topological polar surface area (TPSA) is 66.0 Å². The van der Waals surface area contributed by atoms with Gasteiger partial charge < -0.3 is 20.3 Å². The number of likely N-dealkylation sites (N-methyl/N-ethyl adjacent to an activating group) is 1. The molecule has 0 radical (unpaired) electrons. The van der Waals surface area contributed by atoms with Crippen LogP contribution in [-0.2, 0) is 16.0 Å². The summed E-state index contributed by atoms with van der Waals surface area (Å²) >= 11 is 0. The molecular formula is C18H30N4O2. The molecule has 0 heterocycles. The lowest BCUT2D eigenvalue weighted by molar-refractivity contribution is -0.127. The number of carbonyl (C=O) groups is 1. The number of methoxy groups -OCH3 is 1. The van der Waals surface area contributed by atoms with E-state index in [9.17, 15) is 4.79 Å². The Bertz CT molecular complexity index is 527. The predicted octanol–water partition coefficient (Wildman–Crippen LogP) is 1.28. The number of carbonyl (C=O) groups excluding carboxylic acids is 1. The highest BCUT2D eigenvalue weighted by molar-refractivity contribution is 5.84. The molecule has 1 rings (SSSR count). The van der Waals surface area contributed by atoms with Crippen molar-refractivity contribution >= 4 is 11.9 Å². The summed E-state index contributed by atoms with van der Waals surface area (Å²) < 4.78 is 5.41. The first-order chi connectivity index (χ1) is 11.3. The number of rotatable bonds is 8. The van der Waals surface area contributed by atoms with Crippen molar-refractivity contribution in [1.29, 1.82) is 0 Å². The first kappa shape index (κ1) is 20.0. The summed E-state index contributed by atoms with van der Waals surface area (Å²) in [6.07, 6.45) is 0.886. The largest absolute Gasteiger partial charge is 0.377 e. The van der Waals surface area contributed by atoms with E-state index in [0.29, 0.717) is 12.5 Å². The van der Waals surface area contributed by atoms with Crippen LogP contribution in [0.15, 0.2) is 35.3 Å². The van der Waals surface area contributed by atoms with Crippen LogP contribution in [0.3, 0.4) is 0 Å². The second-order valence-corrected chi connectivity index (χ2v) is 6.43. The highest BCUT2D eigenvalue weighted by Crippen LogP contribution is 2.04. The van der Waals surface area contributed by atoms with Crippen LogP contribution in [0.4, 0.5) is 0 Å². The van der Waals surface area contributed by atoms with Crippen molar-refractivity contribution in [3.05, 3.63) is 35.9 Å². The van der Waals surface area contributed by atoms with Gasteiger partial charge >= 0.3 is 0 Å². The minimum absolute atomic E-state index is 0.0369. The smallest absolute Gasteiger partial charge is 0.243 e. The van der Waals surface area contributed by atoms with Crippen molar-refractivity contribution in [3.8, 4) is 0 Å². The molecule has 0 bridgehead atoms. The van der Waals surface area contributed by atoms with Gasteiger partial charge in [0.2, 0.25) is 5.91 Å². The number of hydrogen-bond donors (Lipinski definition) is 2. The second kappa shape index (κ2) is 9.93. The third-order valence-corrected chi connectivity index (χ3v) is 3.65. The van der Waals surface area contributed by atoms with Crippen LogP contribution in [0.2, 0.25) is 0 Å². The second-order valence-electron chi connectivity index (χ2n) is 6.43. The molecule has 2 N–H and O–H groups in total. The Morgan fingerprint density at radius 1 is 1.21 bits per heavy atom. The molecule has 0 aliphatic rings. The lowest BCUT2D eigenvalue weighted by atomic mass is 10.1. The van der Waals surface area contributed by atoms with Gasteiger partial charge in [-0.25, -0.2) is 4.99 Å². The minimum Gasteiger partial charge on any atom is -0.377 e. The molecule has 0 fully saturated rings. The highest BCUT2D eigenvalue weighted by atomic mass is 16.5. The number of guanidine groups is 1. The molecule has 1 amide bonds. The number of benzene rings is 1. The Labute approximate surface area is 145 Å². The van der Waals surface area contributed by atoms with Crippen LogP contribution < -0.4 is 10.6 Å². The average Bonchev–Trinajstić information content (AvgIpc) is 2.57. The van der Waals surface area contributed by atoms with Crippen molar-refractivity contribution in [2.24, 2.45) is 4.99 Å². The third kappa shape index (κ3) is 7.97. The molecule has 134 valence electrons. The van der Waals surface area contributed by atoms with Gasteiger partial charge in [-0.15, -0.1) is 0 Å². The van der Waals surface area contributed by atoms with Crippen LogP contribution >= 0.6 is 0 Å². The third-order valence-electron chi connectivity index (χ3n) is 3.65. The molecule has 0 saturated carbocycles. The Hall–Kier alpha value is -2.08. The fraction of sp³-hybridized carbons (Fsp3) is 0.556. The van der Waals surface area contributed by atoms with Gasteiger partial charge in [0, 0.05) is 34.3 Å². The van der Waals surface area contributed by atoms with Crippen molar-refractivity contribution < 1.29 is 9.53 Å².